The molecule has 0 atom stereocenters. The third-order valence-corrected chi connectivity index (χ3v) is 5.52. The predicted octanol–water partition coefficient (Wildman–Crippen LogP) is 5.32. The van der Waals surface area contributed by atoms with Crippen LogP contribution in [0.1, 0.15) is 35.2 Å². The molecule has 0 aromatic heterocycles. The Bertz CT molecular complexity index is 874. The van der Waals surface area contributed by atoms with Crippen LogP contribution in [0, 0.1) is 5.92 Å². The molecule has 1 aliphatic heterocycles. The molecule has 4 rings (SSSR count). The van der Waals surface area contributed by atoms with Crippen molar-refractivity contribution in [1.29, 1.82) is 0 Å². The fraction of sp³-hybridized carbons (Fsp3) is 0.292. The van der Waals surface area contributed by atoms with Gasteiger partial charge in [-0.2, -0.15) is 0 Å². The first kappa shape index (κ1) is 17.0. The largest absolute Gasteiger partial charge is 0.299 e. The molecule has 3 aromatic rings. The van der Waals surface area contributed by atoms with E-state index < -0.39 is 0 Å². The number of benzene rings is 3. The normalized spacial score (nSPS) is 16.0. The van der Waals surface area contributed by atoms with Gasteiger partial charge in [0.05, 0.1) is 0 Å². The van der Waals surface area contributed by atoms with Gasteiger partial charge in [-0.3, -0.25) is 9.69 Å². The van der Waals surface area contributed by atoms with Gasteiger partial charge in [-0.05, 0) is 48.2 Å². The van der Waals surface area contributed by atoms with E-state index in [-0.39, 0.29) is 0 Å². The lowest BCUT2D eigenvalue weighted by Crippen LogP contribution is -2.33. The van der Waals surface area contributed by atoms with Crippen LogP contribution in [0.3, 0.4) is 0 Å². The Labute approximate surface area is 155 Å². The van der Waals surface area contributed by atoms with Crippen LogP contribution in [0.2, 0.25) is 0 Å². The number of rotatable bonds is 5. The maximum Gasteiger partial charge on any atom is 0.163 e. The fourth-order valence-corrected chi connectivity index (χ4v) is 4.03. The van der Waals surface area contributed by atoms with Crippen molar-refractivity contribution >= 4 is 16.6 Å². The summed E-state index contributed by atoms with van der Waals surface area (Å²) in [5.41, 5.74) is 2.26. The zero-order chi connectivity index (χ0) is 17.8. The molecule has 0 radical (unpaired) electrons. The van der Waals surface area contributed by atoms with Crippen LogP contribution >= 0.6 is 0 Å². The van der Waals surface area contributed by atoms with E-state index in [2.05, 4.69) is 53.4 Å². The van der Waals surface area contributed by atoms with Crippen molar-refractivity contribution in [2.24, 2.45) is 5.92 Å². The Hall–Kier alpha value is -2.45. The number of piperidine rings is 1. The van der Waals surface area contributed by atoms with Crippen molar-refractivity contribution in [3.05, 3.63) is 83.9 Å². The summed E-state index contributed by atoms with van der Waals surface area (Å²) in [5.74, 6) is 0.803. The monoisotopic (exact) mass is 343 g/mol. The Morgan fingerprint density at radius 3 is 2.35 bits per heavy atom. The fourth-order valence-electron chi connectivity index (χ4n) is 4.03. The highest BCUT2D eigenvalue weighted by Crippen LogP contribution is 2.26. The number of fused-ring (bicyclic) bond motifs is 1. The number of hydrogen-bond acceptors (Lipinski definition) is 2. The lowest BCUT2D eigenvalue weighted by Gasteiger charge is -2.31. The van der Waals surface area contributed by atoms with Crippen molar-refractivity contribution in [1.82, 2.24) is 4.90 Å². The van der Waals surface area contributed by atoms with Gasteiger partial charge in [0.15, 0.2) is 5.78 Å². The number of nitrogens with zero attached hydrogens (tertiary/aromatic N) is 1. The van der Waals surface area contributed by atoms with E-state index in [1.54, 1.807) is 0 Å². The molecule has 2 nitrogen and oxygen atoms in total. The molecule has 1 fully saturated rings. The number of ketones is 1. The molecule has 0 spiro atoms. The van der Waals surface area contributed by atoms with Gasteiger partial charge in [0, 0.05) is 18.5 Å². The lowest BCUT2D eigenvalue weighted by atomic mass is 9.88. The maximum absolute atomic E-state index is 12.9. The van der Waals surface area contributed by atoms with Gasteiger partial charge in [0.2, 0.25) is 0 Å². The molecule has 0 N–H and O–H groups in total. The van der Waals surface area contributed by atoms with Crippen molar-refractivity contribution in [2.75, 3.05) is 13.1 Å². The molecule has 0 aliphatic carbocycles. The molecule has 3 aromatic carbocycles. The SMILES string of the molecule is O=C(CC1CCN(Cc2ccccc2)CC1)c1cccc2ccccc12. The van der Waals surface area contributed by atoms with Gasteiger partial charge in [-0.1, -0.05) is 72.8 Å². The second-order valence-electron chi connectivity index (χ2n) is 7.36. The van der Waals surface area contributed by atoms with E-state index in [1.807, 2.05) is 24.3 Å². The molecule has 1 heterocycles. The highest BCUT2D eigenvalue weighted by molar-refractivity contribution is 6.08. The summed E-state index contributed by atoms with van der Waals surface area (Å²) in [6.45, 7) is 3.19. The van der Waals surface area contributed by atoms with Crippen molar-refractivity contribution in [3.63, 3.8) is 0 Å². The summed E-state index contributed by atoms with van der Waals surface area (Å²) in [6, 6.07) is 24.9. The van der Waals surface area contributed by atoms with Crippen LogP contribution in [0.25, 0.3) is 10.8 Å². The molecule has 1 aliphatic rings. The molecule has 132 valence electrons. The lowest BCUT2D eigenvalue weighted by molar-refractivity contribution is 0.0926. The maximum atomic E-state index is 12.9. The van der Waals surface area contributed by atoms with E-state index in [4.69, 9.17) is 0 Å². The summed E-state index contributed by atoms with van der Waals surface area (Å²) >= 11 is 0. The average Bonchev–Trinajstić information content (AvgIpc) is 2.70. The summed E-state index contributed by atoms with van der Waals surface area (Å²) in [4.78, 5) is 15.4. The molecular formula is C24H25NO. The Morgan fingerprint density at radius 2 is 1.54 bits per heavy atom. The summed E-state index contributed by atoms with van der Waals surface area (Å²) < 4.78 is 0. The Morgan fingerprint density at radius 1 is 0.846 bits per heavy atom. The predicted molar refractivity (Wildman–Crippen MR) is 107 cm³/mol. The minimum Gasteiger partial charge on any atom is -0.299 e. The van der Waals surface area contributed by atoms with Crippen LogP contribution in [0.15, 0.2) is 72.8 Å². The molecule has 0 unspecified atom stereocenters. The quantitative estimate of drug-likeness (QED) is 0.584. The van der Waals surface area contributed by atoms with E-state index >= 15 is 0 Å². The topological polar surface area (TPSA) is 20.3 Å². The smallest absolute Gasteiger partial charge is 0.163 e. The molecule has 0 saturated carbocycles. The summed E-state index contributed by atoms with van der Waals surface area (Å²) in [5, 5.41) is 2.23. The second-order valence-corrected chi connectivity index (χ2v) is 7.36. The Kier molecular flexibility index (Phi) is 5.12. The number of carbonyl (C=O) groups is 1. The van der Waals surface area contributed by atoms with Crippen molar-refractivity contribution in [2.45, 2.75) is 25.8 Å². The molecule has 0 bridgehead atoms. The van der Waals surface area contributed by atoms with Crippen LogP contribution in [0.5, 0.6) is 0 Å². The van der Waals surface area contributed by atoms with E-state index in [0.717, 1.165) is 48.8 Å². The molecule has 0 amide bonds. The van der Waals surface area contributed by atoms with Crippen LogP contribution in [0.4, 0.5) is 0 Å². The summed E-state index contributed by atoms with van der Waals surface area (Å²) in [6.07, 6.45) is 2.90. The van der Waals surface area contributed by atoms with Gasteiger partial charge in [-0.15, -0.1) is 0 Å². The van der Waals surface area contributed by atoms with Crippen molar-refractivity contribution < 1.29 is 4.79 Å². The third-order valence-electron chi connectivity index (χ3n) is 5.52. The number of carbonyl (C=O) groups excluding carboxylic acids is 1. The first-order valence-corrected chi connectivity index (χ1v) is 9.57. The van der Waals surface area contributed by atoms with Crippen molar-refractivity contribution in [3.8, 4) is 0 Å². The molecule has 2 heteroatoms. The molecular weight excluding hydrogens is 318 g/mol. The first-order chi connectivity index (χ1) is 12.8. The van der Waals surface area contributed by atoms with E-state index in [0.29, 0.717) is 18.1 Å². The third kappa shape index (κ3) is 3.86. The van der Waals surface area contributed by atoms with Crippen LogP contribution < -0.4 is 0 Å². The van der Waals surface area contributed by atoms with E-state index in [9.17, 15) is 4.79 Å². The number of likely N-dealkylation sites (tertiary alicyclic amines) is 1. The standard InChI is InChI=1S/C24H25NO/c26-24(23-12-6-10-21-9-4-5-11-22(21)23)17-19-13-15-25(16-14-19)18-20-7-2-1-3-8-20/h1-12,19H,13-18H2. The zero-order valence-corrected chi connectivity index (χ0v) is 15.1. The second kappa shape index (κ2) is 7.84. The van der Waals surface area contributed by atoms with Gasteiger partial charge >= 0.3 is 0 Å². The van der Waals surface area contributed by atoms with Gasteiger partial charge in [0.25, 0.3) is 0 Å². The number of Topliss-reactive ketones (excluding diaryl/α,β-unsaturated/α-hetero) is 1. The molecule has 1 saturated heterocycles. The molecule has 26 heavy (non-hydrogen) atoms. The van der Waals surface area contributed by atoms with Gasteiger partial charge in [0.1, 0.15) is 0 Å². The Balaban J connectivity index is 1.36. The van der Waals surface area contributed by atoms with Gasteiger partial charge < -0.3 is 0 Å². The number of hydrogen-bond donors (Lipinski definition) is 0. The zero-order valence-electron chi connectivity index (χ0n) is 15.1. The van der Waals surface area contributed by atoms with Crippen LogP contribution in [-0.2, 0) is 6.54 Å². The highest BCUT2D eigenvalue weighted by atomic mass is 16.1. The van der Waals surface area contributed by atoms with Gasteiger partial charge in [-0.25, -0.2) is 0 Å². The first-order valence-electron chi connectivity index (χ1n) is 9.57. The highest BCUT2D eigenvalue weighted by Gasteiger charge is 2.22. The summed E-state index contributed by atoms with van der Waals surface area (Å²) in [7, 11) is 0. The van der Waals surface area contributed by atoms with Crippen LogP contribution in [-0.4, -0.2) is 23.8 Å². The average molecular weight is 343 g/mol. The minimum absolute atomic E-state index is 0.295. The van der Waals surface area contributed by atoms with E-state index in [1.165, 1.54) is 5.56 Å². The minimum atomic E-state index is 0.295.